The van der Waals surface area contributed by atoms with Crippen LogP contribution in [0.1, 0.15) is 18.1 Å². The van der Waals surface area contributed by atoms with Crippen LogP contribution in [0, 0.1) is 22.7 Å². The molecule has 0 aliphatic carbocycles. The van der Waals surface area contributed by atoms with Gasteiger partial charge in [0.15, 0.2) is 0 Å². The zero-order valence-electron chi connectivity index (χ0n) is 7.53. The van der Waals surface area contributed by atoms with Gasteiger partial charge in [0.1, 0.15) is 6.07 Å². The van der Waals surface area contributed by atoms with Gasteiger partial charge in [0, 0.05) is 6.92 Å². The molecule has 0 saturated carbocycles. The van der Waals surface area contributed by atoms with E-state index in [-0.39, 0.29) is 5.91 Å². The number of nitrogens with one attached hydrogen (secondary N) is 1. The van der Waals surface area contributed by atoms with Gasteiger partial charge in [0.05, 0.1) is 22.9 Å². The maximum Gasteiger partial charge on any atom is 0.221 e. The molecule has 0 spiro atoms. The molecule has 0 saturated heterocycles. The van der Waals surface area contributed by atoms with Crippen molar-refractivity contribution in [3.8, 4) is 12.1 Å². The molecule has 0 aliphatic heterocycles. The lowest BCUT2D eigenvalue weighted by molar-refractivity contribution is -0.114. The minimum absolute atomic E-state index is 0.267. The number of benzene rings is 1. The fourth-order valence-corrected chi connectivity index (χ4v) is 1.00. The van der Waals surface area contributed by atoms with Crippen LogP contribution in [0.25, 0.3) is 0 Å². The highest BCUT2D eigenvalue weighted by Crippen LogP contribution is 2.16. The fourth-order valence-electron chi connectivity index (χ4n) is 1.00. The summed E-state index contributed by atoms with van der Waals surface area (Å²) in [5.74, 6) is -0.267. The first-order valence-electron chi connectivity index (χ1n) is 3.89. The van der Waals surface area contributed by atoms with Gasteiger partial charge in [-0.1, -0.05) is 0 Å². The first-order valence-corrected chi connectivity index (χ1v) is 3.89. The summed E-state index contributed by atoms with van der Waals surface area (Å²) in [5.41, 5.74) is 1.13. The van der Waals surface area contributed by atoms with Crippen molar-refractivity contribution in [1.82, 2.24) is 0 Å². The highest BCUT2D eigenvalue weighted by molar-refractivity contribution is 5.90. The van der Waals surface area contributed by atoms with Crippen molar-refractivity contribution in [2.75, 3.05) is 5.32 Å². The predicted octanol–water partition coefficient (Wildman–Crippen LogP) is 1.39. The van der Waals surface area contributed by atoms with Crippen molar-refractivity contribution < 1.29 is 4.79 Å². The Morgan fingerprint density at radius 2 is 2.07 bits per heavy atom. The second-order valence-electron chi connectivity index (χ2n) is 2.67. The third-order valence-corrected chi connectivity index (χ3v) is 1.58. The second-order valence-corrected chi connectivity index (χ2v) is 2.67. The van der Waals surface area contributed by atoms with Crippen LogP contribution in [0.2, 0.25) is 0 Å². The van der Waals surface area contributed by atoms with Crippen molar-refractivity contribution in [3.63, 3.8) is 0 Å². The molecular formula is C10H7N3O. The van der Waals surface area contributed by atoms with Crippen LogP contribution < -0.4 is 5.32 Å². The Hall–Kier alpha value is -2.33. The number of carbonyl (C=O) groups is 1. The van der Waals surface area contributed by atoms with Gasteiger partial charge in [-0.25, -0.2) is 0 Å². The van der Waals surface area contributed by atoms with Crippen molar-refractivity contribution in [1.29, 1.82) is 10.5 Å². The molecule has 1 rings (SSSR count). The van der Waals surface area contributed by atoms with Gasteiger partial charge in [-0.2, -0.15) is 10.5 Å². The number of nitrogens with zero attached hydrogens (tertiary/aromatic N) is 2. The molecule has 4 nitrogen and oxygen atoms in total. The SMILES string of the molecule is CC(=O)Nc1cc(C#N)ccc1C#N. The van der Waals surface area contributed by atoms with E-state index in [2.05, 4.69) is 5.32 Å². The molecule has 0 atom stereocenters. The van der Waals surface area contributed by atoms with E-state index in [0.717, 1.165) is 0 Å². The van der Waals surface area contributed by atoms with Crippen LogP contribution in [0.4, 0.5) is 5.69 Å². The molecular weight excluding hydrogens is 178 g/mol. The first kappa shape index (κ1) is 9.76. The minimum Gasteiger partial charge on any atom is -0.325 e. The number of anilines is 1. The summed E-state index contributed by atoms with van der Waals surface area (Å²) >= 11 is 0. The van der Waals surface area contributed by atoms with Gasteiger partial charge in [-0.05, 0) is 18.2 Å². The van der Waals surface area contributed by atoms with Crippen molar-refractivity contribution in [2.24, 2.45) is 0 Å². The number of hydrogen-bond donors (Lipinski definition) is 1. The molecule has 0 unspecified atom stereocenters. The van der Waals surface area contributed by atoms with Gasteiger partial charge in [0.25, 0.3) is 0 Å². The Morgan fingerprint density at radius 1 is 1.36 bits per heavy atom. The fraction of sp³-hybridized carbons (Fsp3) is 0.100. The molecule has 1 aromatic rings. The van der Waals surface area contributed by atoms with Crippen LogP contribution in [-0.2, 0) is 4.79 Å². The standard InChI is InChI=1S/C10H7N3O/c1-7(14)13-10-4-8(5-11)2-3-9(10)6-12/h2-4H,1H3,(H,13,14). The van der Waals surface area contributed by atoms with Crippen LogP contribution >= 0.6 is 0 Å². The third kappa shape index (κ3) is 2.09. The summed E-state index contributed by atoms with van der Waals surface area (Å²) in [6.45, 7) is 1.35. The summed E-state index contributed by atoms with van der Waals surface area (Å²) in [6, 6.07) is 8.37. The predicted molar refractivity (Wildman–Crippen MR) is 50.2 cm³/mol. The number of nitriles is 2. The molecule has 0 radical (unpaired) electrons. The lowest BCUT2D eigenvalue weighted by Gasteiger charge is -2.03. The van der Waals surface area contributed by atoms with Crippen LogP contribution in [0.5, 0.6) is 0 Å². The van der Waals surface area contributed by atoms with Crippen LogP contribution in [-0.4, -0.2) is 5.91 Å². The van der Waals surface area contributed by atoms with Gasteiger partial charge < -0.3 is 5.32 Å². The quantitative estimate of drug-likeness (QED) is 0.718. The monoisotopic (exact) mass is 185 g/mol. The Balaban J connectivity index is 3.18. The maximum atomic E-state index is 10.8. The van der Waals surface area contributed by atoms with E-state index in [0.29, 0.717) is 16.8 Å². The summed E-state index contributed by atoms with van der Waals surface area (Å²) in [6.07, 6.45) is 0. The molecule has 14 heavy (non-hydrogen) atoms. The zero-order valence-corrected chi connectivity index (χ0v) is 7.53. The van der Waals surface area contributed by atoms with E-state index < -0.39 is 0 Å². The lowest BCUT2D eigenvalue weighted by atomic mass is 10.1. The Morgan fingerprint density at radius 3 is 2.57 bits per heavy atom. The molecule has 68 valence electrons. The molecule has 0 aromatic heterocycles. The summed E-state index contributed by atoms with van der Waals surface area (Å²) in [5, 5.41) is 19.8. The topological polar surface area (TPSA) is 76.7 Å². The van der Waals surface area contributed by atoms with Gasteiger partial charge in [-0.3, -0.25) is 4.79 Å². The summed E-state index contributed by atoms with van der Waals surface area (Å²) in [4.78, 5) is 10.8. The molecule has 0 bridgehead atoms. The molecule has 1 amide bonds. The van der Waals surface area contributed by atoms with Crippen molar-refractivity contribution in [2.45, 2.75) is 6.92 Å². The highest BCUT2D eigenvalue weighted by Gasteiger charge is 2.04. The van der Waals surface area contributed by atoms with Crippen molar-refractivity contribution in [3.05, 3.63) is 29.3 Å². The minimum atomic E-state index is -0.267. The van der Waals surface area contributed by atoms with E-state index in [1.165, 1.54) is 25.1 Å². The number of hydrogen-bond acceptors (Lipinski definition) is 3. The van der Waals surface area contributed by atoms with Crippen LogP contribution in [0.3, 0.4) is 0 Å². The molecule has 0 aliphatic rings. The highest BCUT2D eigenvalue weighted by atomic mass is 16.1. The van der Waals surface area contributed by atoms with Crippen LogP contribution in [0.15, 0.2) is 18.2 Å². The lowest BCUT2D eigenvalue weighted by Crippen LogP contribution is -2.07. The van der Waals surface area contributed by atoms with Gasteiger partial charge in [0.2, 0.25) is 5.91 Å². The first-order chi connectivity index (χ1) is 6.67. The number of carbonyl (C=O) groups excluding carboxylic acids is 1. The van der Waals surface area contributed by atoms with E-state index in [1.54, 1.807) is 0 Å². The number of rotatable bonds is 1. The molecule has 0 heterocycles. The Labute approximate surface area is 81.4 Å². The average Bonchev–Trinajstić information content (AvgIpc) is 2.16. The van der Waals surface area contributed by atoms with Gasteiger partial charge >= 0.3 is 0 Å². The molecule has 4 heteroatoms. The van der Waals surface area contributed by atoms with Crippen molar-refractivity contribution >= 4 is 11.6 Å². The Bertz CT molecular complexity index is 451. The smallest absolute Gasteiger partial charge is 0.221 e. The molecule has 1 N–H and O–H groups in total. The maximum absolute atomic E-state index is 10.8. The number of amides is 1. The van der Waals surface area contributed by atoms with Gasteiger partial charge in [-0.15, -0.1) is 0 Å². The van der Waals surface area contributed by atoms with E-state index >= 15 is 0 Å². The summed E-state index contributed by atoms with van der Waals surface area (Å²) < 4.78 is 0. The molecule has 0 fully saturated rings. The average molecular weight is 185 g/mol. The largest absolute Gasteiger partial charge is 0.325 e. The van der Waals surface area contributed by atoms with E-state index in [4.69, 9.17) is 10.5 Å². The van der Waals surface area contributed by atoms with E-state index in [1.807, 2.05) is 12.1 Å². The summed E-state index contributed by atoms with van der Waals surface area (Å²) in [7, 11) is 0. The second kappa shape index (κ2) is 4.06. The zero-order chi connectivity index (χ0) is 10.6. The Kier molecular flexibility index (Phi) is 2.83. The molecule has 1 aromatic carbocycles. The third-order valence-electron chi connectivity index (χ3n) is 1.58. The van der Waals surface area contributed by atoms with E-state index in [9.17, 15) is 4.79 Å². The normalized spacial score (nSPS) is 8.50.